The minimum atomic E-state index is -2.89. The summed E-state index contributed by atoms with van der Waals surface area (Å²) in [4.78, 5) is 2.24. The zero-order valence-electron chi connectivity index (χ0n) is 10.2. The van der Waals surface area contributed by atoms with Crippen LogP contribution in [0.25, 0.3) is 0 Å². The SMILES string of the molecule is CC(N)CN(C(C)CS(C)(=O)=O)C1CC1.Cl. The number of hydrogen-bond donors (Lipinski definition) is 1. The van der Waals surface area contributed by atoms with Crippen molar-refractivity contribution in [3.05, 3.63) is 0 Å². The van der Waals surface area contributed by atoms with Crippen LogP contribution in [0.5, 0.6) is 0 Å². The van der Waals surface area contributed by atoms with Crippen molar-refractivity contribution < 1.29 is 8.42 Å². The second-order valence-electron chi connectivity index (χ2n) is 4.85. The van der Waals surface area contributed by atoms with Gasteiger partial charge >= 0.3 is 0 Å². The van der Waals surface area contributed by atoms with Crippen LogP contribution in [0.4, 0.5) is 0 Å². The molecule has 2 atom stereocenters. The molecule has 0 aliphatic heterocycles. The van der Waals surface area contributed by atoms with Crippen LogP contribution in [0, 0.1) is 0 Å². The van der Waals surface area contributed by atoms with Crippen molar-refractivity contribution in [1.29, 1.82) is 0 Å². The predicted molar refractivity (Wildman–Crippen MR) is 69.8 cm³/mol. The standard InChI is InChI=1S/C10H22N2O2S.ClH/c1-8(11)6-12(10-4-5-10)9(2)7-15(3,13)14;/h8-10H,4-7,11H2,1-3H3;1H. The molecule has 2 N–H and O–H groups in total. The first kappa shape index (κ1) is 16.2. The second kappa shape index (κ2) is 6.19. The molecule has 0 amide bonds. The number of hydrogen-bond acceptors (Lipinski definition) is 4. The number of nitrogens with zero attached hydrogens (tertiary/aromatic N) is 1. The molecular formula is C10H23ClN2O2S. The van der Waals surface area contributed by atoms with E-state index in [-0.39, 0.29) is 30.2 Å². The van der Waals surface area contributed by atoms with Crippen LogP contribution >= 0.6 is 12.4 Å². The summed E-state index contributed by atoms with van der Waals surface area (Å²) in [6.07, 6.45) is 3.65. The molecule has 0 heterocycles. The van der Waals surface area contributed by atoms with E-state index in [1.165, 1.54) is 19.1 Å². The summed E-state index contributed by atoms with van der Waals surface area (Å²) >= 11 is 0. The maximum absolute atomic E-state index is 11.2. The minimum Gasteiger partial charge on any atom is -0.327 e. The van der Waals surface area contributed by atoms with E-state index in [9.17, 15) is 8.42 Å². The van der Waals surface area contributed by atoms with Gasteiger partial charge in [-0.1, -0.05) is 0 Å². The van der Waals surface area contributed by atoms with Gasteiger partial charge in [0.25, 0.3) is 0 Å². The Morgan fingerprint density at radius 2 is 1.88 bits per heavy atom. The van der Waals surface area contributed by atoms with E-state index >= 15 is 0 Å². The van der Waals surface area contributed by atoms with Crippen molar-refractivity contribution in [1.82, 2.24) is 4.90 Å². The van der Waals surface area contributed by atoms with Gasteiger partial charge in [0.1, 0.15) is 9.84 Å². The molecular weight excluding hydrogens is 248 g/mol. The summed E-state index contributed by atoms with van der Waals surface area (Å²) in [6.45, 7) is 4.73. The lowest BCUT2D eigenvalue weighted by molar-refractivity contribution is 0.203. The number of nitrogens with two attached hydrogens (primary N) is 1. The molecule has 1 aliphatic rings. The van der Waals surface area contributed by atoms with Gasteiger partial charge in [0.15, 0.2) is 0 Å². The van der Waals surface area contributed by atoms with E-state index in [1.54, 1.807) is 0 Å². The molecule has 1 saturated carbocycles. The van der Waals surface area contributed by atoms with Crippen molar-refractivity contribution in [3.63, 3.8) is 0 Å². The Morgan fingerprint density at radius 1 is 1.38 bits per heavy atom. The lowest BCUT2D eigenvalue weighted by Crippen LogP contribution is -2.45. The Labute approximate surface area is 105 Å². The van der Waals surface area contributed by atoms with Crippen molar-refractivity contribution in [2.45, 2.75) is 44.8 Å². The quantitative estimate of drug-likeness (QED) is 0.770. The van der Waals surface area contributed by atoms with Gasteiger partial charge in [0.05, 0.1) is 5.75 Å². The van der Waals surface area contributed by atoms with Gasteiger partial charge < -0.3 is 5.73 Å². The van der Waals surface area contributed by atoms with Crippen molar-refractivity contribution >= 4 is 22.2 Å². The predicted octanol–water partition coefficient (Wildman–Crippen LogP) is 0.653. The molecule has 1 rings (SSSR count). The molecule has 0 saturated heterocycles. The third kappa shape index (κ3) is 6.03. The van der Waals surface area contributed by atoms with Gasteiger partial charge in [-0.2, -0.15) is 0 Å². The van der Waals surface area contributed by atoms with Gasteiger partial charge in [0, 0.05) is 30.9 Å². The van der Waals surface area contributed by atoms with Crippen LogP contribution in [-0.2, 0) is 9.84 Å². The molecule has 0 aromatic rings. The Bertz CT molecular complexity index is 302. The summed E-state index contributed by atoms with van der Waals surface area (Å²) in [5.41, 5.74) is 5.77. The molecule has 0 radical (unpaired) electrons. The second-order valence-corrected chi connectivity index (χ2v) is 7.03. The molecule has 1 fully saturated rings. The fourth-order valence-electron chi connectivity index (χ4n) is 1.96. The maximum Gasteiger partial charge on any atom is 0.148 e. The highest BCUT2D eigenvalue weighted by Gasteiger charge is 2.33. The zero-order chi connectivity index (χ0) is 11.6. The number of rotatable bonds is 6. The third-order valence-electron chi connectivity index (χ3n) is 2.62. The first-order chi connectivity index (χ1) is 6.79. The first-order valence-corrected chi connectivity index (χ1v) is 7.54. The minimum absolute atomic E-state index is 0. The van der Waals surface area contributed by atoms with Gasteiger partial charge in [0.2, 0.25) is 0 Å². The van der Waals surface area contributed by atoms with E-state index in [0.29, 0.717) is 6.04 Å². The Morgan fingerprint density at radius 3 is 2.19 bits per heavy atom. The molecule has 4 nitrogen and oxygen atoms in total. The highest BCUT2D eigenvalue weighted by molar-refractivity contribution is 7.90. The van der Waals surface area contributed by atoms with Crippen molar-refractivity contribution in [3.8, 4) is 0 Å². The topological polar surface area (TPSA) is 63.4 Å². The average molecular weight is 271 g/mol. The molecule has 0 bridgehead atoms. The summed E-state index contributed by atoms with van der Waals surface area (Å²) in [5.74, 6) is 0.232. The van der Waals surface area contributed by atoms with Crippen LogP contribution in [0.2, 0.25) is 0 Å². The van der Waals surface area contributed by atoms with Crippen LogP contribution < -0.4 is 5.73 Å². The van der Waals surface area contributed by atoms with Crippen LogP contribution in [0.1, 0.15) is 26.7 Å². The van der Waals surface area contributed by atoms with Crippen molar-refractivity contribution in [2.24, 2.45) is 5.73 Å². The fraction of sp³-hybridized carbons (Fsp3) is 1.00. The Balaban J connectivity index is 0.00000225. The number of sulfone groups is 1. The summed E-state index contributed by atoms with van der Waals surface area (Å²) < 4.78 is 22.4. The smallest absolute Gasteiger partial charge is 0.148 e. The molecule has 0 aromatic heterocycles. The summed E-state index contributed by atoms with van der Waals surface area (Å²) in [6, 6.07) is 0.749. The van der Waals surface area contributed by atoms with Gasteiger partial charge in [-0.15, -0.1) is 12.4 Å². The van der Waals surface area contributed by atoms with E-state index in [2.05, 4.69) is 4.90 Å². The average Bonchev–Trinajstić information content (AvgIpc) is 2.78. The molecule has 1 aliphatic carbocycles. The van der Waals surface area contributed by atoms with Crippen LogP contribution in [0.15, 0.2) is 0 Å². The van der Waals surface area contributed by atoms with Gasteiger partial charge in [-0.05, 0) is 26.7 Å². The highest BCUT2D eigenvalue weighted by Crippen LogP contribution is 2.28. The first-order valence-electron chi connectivity index (χ1n) is 5.48. The molecule has 6 heteroatoms. The largest absolute Gasteiger partial charge is 0.327 e. The Hall–Kier alpha value is 0.160. The van der Waals surface area contributed by atoms with Crippen LogP contribution in [0.3, 0.4) is 0 Å². The van der Waals surface area contributed by atoms with E-state index in [0.717, 1.165) is 6.54 Å². The van der Waals surface area contributed by atoms with Gasteiger partial charge in [-0.25, -0.2) is 8.42 Å². The zero-order valence-corrected chi connectivity index (χ0v) is 11.9. The monoisotopic (exact) mass is 270 g/mol. The molecule has 98 valence electrons. The molecule has 0 aromatic carbocycles. The number of halogens is 1. The molecule has 16 heavy (non-hydrogen) atoms. The highest BCUT2D eigenvalue weighted by atomic mass is 35.5. The summed E-state index contributed by atoms with van der Waals surface area (Å²) in [5, 5.41) is 0. The third-order valence-corrected chi connectivity index (χ3v) is 3.71. The Kier molecular flexibility index (Phi) is 6.25. The van der Waals surface area contributed by atoms with Crippen molar-refractivity contribution in [2.75, 3.05) is 18.6 Å². The lowest BCUT2D eigenvalue weighted by Gasteiger charge is -2.30. The van der Waals surface area contributed by atoms with E-state index in [4.69, 9.17) is 5.73 Å². The van der Waals surface area contributed by atoms with E-state index in [1.807, 2.05) is 13.8 Å². The van der Waals surface area contributed by atoms with E-state index < -0.39 is 9.84 Å². The van der Waals surface area contributed by atoms with Crippen LogP contribution in [-0.4, -0.2) is 50.0 Å². The summed E-state index contributed by atoms with van der Waals surface area (Å²) in [7, 11) is -2.89. The molecule has 0 spiro atoms. The van der Waals surface area contributed by atoms with Gasteiger partial charge in [-0.3, -0.25) is 4.90 Å². The maximum atomic E-state index is 11.2. The lowest BCUT2D eigenvalue weighted by atomic mass is 10.2. The normalized spacial score (nSPS) is 20.3. The molecule has 2 unspecified atom stereocenters. The fourth-order valence-corrected chi connectivity index (χ4v) is 3.03.